The number of hydrogen-bond donors (Lipinski definition) is 1. The first kappa shape index (κ1) is 20.1. The van der Waals surface area contributed by atoms with Crippen LogP contribution in [0, 0.1) is 0 Å². The van der Waals surface area contributed by atoms with Crippen molar-refractivity contribution in [3.8, 4) is 5.75 Å². The molecule has 5 nitrogen and oxygen atoms in total. The molecule has 1 N–H and O–H groups in total. The SMILES string of the molecule is O=C1NC(=Nc2ccccc2)S/C1=C/c1ccc(OC(=O)c2cccc(Br)c2)cc1. The zero-order chi connectivity index (χ0) is 20.9. The number of aliphatic imine (C=N–C) groups is 1. The van der Waals surface area contributed by atoms with Gasteiger partial charge in [-0.15, -0.1) is 0 Å². The maximum absolute atomic E-state index is 12.2. The van der Waals surface area contributed by atoms with Crippen molar-refractivity contribution in [2.45, 2.75) is 0 Å². The van der Waals surface area contributed by atoms with Gasteiger partial charge in [0.1, 0.15) is 5.75 Å². The highest BCUT2D eigenvalue weighted by molar-refractivity contribution is 9.10. The van der Waals surface area contributed by atoms with Gasteiger partial charge in [-0.2, -0.15) is 0 Å². The Balaban J connectivity index is 1.44. The molecule has 1 fully saturated rings. The molecule has 0 aromatic heterocycles. The quantitative estimate of drug-likeness (QED) is 0.302. The van der Waals surface area contributed by atoms with Gasteiger partial charge in [-0.05, 0) is 65.9 Å². The molecule has 0 aliphatic carbocycles. The van der Waals surface area contributed by atoms with E-state index < -0.39 is 5.97 Å². The number of halogens is 1. The minimum atomic E-state index is -0.435. The summed E-state index contributed by atoms with van der Waals surface area (Å²) in [6.45, 7) is 0. The van der Waals surface area contributed by atoms with Crippen molar-refractivity contribution in [3.05, 3.63) is 99.4 Å². The second-order valence-corrected chi connectivity index (χ2v) is 8.23. The van der Waals surface area contributed by atoms with Crippen LogP contribution in [-0.2, 0) is 4.79 Å². The van der Waals surface area contributed by atoms with E-state index in [1.165, 1.54) is 11.8 Å². The number of thioether (sulfide) groups is 1. The number of amidine groups is 1. The first-order valence-corrected chi connectivity index (χ1v) is 10.6. The van der Waals surface area contributed by atoms with Crippen molar-refractivity contribution in [2.24, 2.45) is 4.99 Å². The number of amides is 1. The highest BCUT2D eigenvalue weighted by atomic mass is 79.9. The first-order chi connectivity index (χ1) is 14.6. The molecule has 7 heteroatoms. The molecule has 0 unspecified atom stereocenters. The summed E-state index contributed by atoms with van der Waals surface area (Å²) in [5.74, 6) is -0.202. The molecule has 0 saturated carbocycles. The van der Waals surface area contributed by atoms with E-state index in [1.54, 1.807) is 48.5 Å². The fourth-order valence-corrected chi connectivity index (χ4v) is 3.91. The molecule has 30 heavy (non-hydrogen) atoms. The van der Waals surface area contributed by atoms with Crippen molar-refractivity contribution >= 4 is 56.5 Å². The average Bonchev–Trinajstić information content (AvgIpc) is 3.08. The number of carbonyl (C=O) groups excluding carboxylic acids is 2. The molecule has 4 rings (SSSR count). The van der Waals surface area contributed by atoms with E-state index in [-0.39, 0.29) is 5.91 Å². The lowest BCUT2D eigenvalue weighted by molar-refractivity contribution is -0.115. The number of nitrogens with one attached hydrogen (secondary N) is 1. The highest BCUT2D eigenvalue weighted by Crippen LogP contribution is 2.28. The number of ether oxygens (including phenoxy) is 1. The largest absolute Gasteiger partial charge is 0.423 e. The van der Waals surface area contributed by atoms with E-state index in [0.717, 1.165) is 15.7 Å². The van der Waals surface area contributed by atoms with E-state index in [9.17, 15) is 9.59 Å². The van der Waals surface area contributed by atoms with Crippen LogP contribution >= 0.6 is 27.7 Å². The van der Waals surface area contributed by atoms with E-state index in [2.05, 4.69) is 26.2 Å². The highest BCUT2D eigenvalue weighted by Gasteiger charge is 2.23. The van der Waals surface area contributed by atoms with E-state index in [4.69, 9.17) is 4.74 Å². The van der Waals surface area contributed by atoms with Gasteiger partial charge >= 0.3 is 5.97 Å². The van der Waals surface area contributed by atoms with Crippen LogP contribution in [0.15, 0.2) is 93.2 Å². The lowest BCUT2D eigenvalue weighted by Gasteiger charge is -2.05. The summed E-state index contributed by atoms with van der Waals surface area (Å²) in [4.78, 5) is 29.4. The molecule has 0 spiro atoms. The maximum Gasteiger partial charge on any atom is 0.343 e. The topological polar surface area (TPSA) is 67.8 Å². The molecule has 1 aliphatic heterocycles. The lowest BCUT2D eigenvalue weighted by atomic mass is 10.2. The molecule has 0 radical (unpaired) electrons. The second kappa shape index (κ2) is 9.11. The van der Waals surface area contributed by atoms with Crippen molar-refractivity contribution in [2.75, 3.05) is 0 Å². The number of carbonyl (C=O) groups is 2. The third kappa shape index (κ3) is 5.06. The summed E-state index contributed by atoms with van der Waals surface area (Å²) in [7, 11) is 0. The second-order valence-electron chi connectivity index (χ2n) is 6.29. The third-order valence-electron chi connectivity index (χ3n) is 4.09. The predicted octanol–water partition coefficient (Wildman–Crippen LogP) is 5.56. The number of esters is 1. The van der Waals surface area contributed by atoms with Crippen LogP contribution < -0.4 is 10.1 Å². The van der Waals surface area contributed by atoms with Gasteiger partial charge in [0, 0.05) is 4.47 Å². The van der Waals surface area contributed by atoms with Gasteiger partial charge < -0.3 is 10.1 Å². The first-order valence-electron chi connectivity index (χ1n) is 8.99. The molecule has 148 valence electrons. The van der Waals surface area contributed by atoms with Crippen LogP contribution in [0.4, 0.5) is 5.69 Å². The monoisotopic (exact) mass is 478 g/mol. The predicted molar refractivity (Wildman–Crippen MR) is 123 cm³/mol. The normalized spacial score (nSPS) is 16.0. The summed E-state index contributed by atoms with van der Waals surface area (Å²) in [5, 5.41) is 3.30. The Bertz CT molecular complexity index is 1160. The lowest BCUT2D eigenvalue weighted by Crippen LogP contribution is -2.19. The average molecular weight is 479 g/mol. The number of benzene rings is 3. The van der Waals surface area contributed by atoms with Crippen molar-refractivity contribution in [1.29, 1.82) is 0 Å². The van der Waals surface area contributed by atoms with Crippen LogP contribution in [0.2, 0.25) is 0 Å². The molecule has 0 atom stereocenters. The number of para-hydroxylation sites is 1. The van der Waals surface area contributed by atoms with Crippen molar-refractivity contribution in [1.82, 2.24) is 5.32 Å². The molecule has 1 heterocycles. The Morgan fingerprint density at radius 3 is 2.50 bits per heavy atom. The summed E-state index contributed by atoms with van der Waals surface area (Å²) in [6, 6.07) is 23.4. The maximum atomic E-state index is 12.2. The summed E-state index contributed by atoms with van der Waals surface area (Å²) in [6.07, 6.45) is 1.77. The standard InChI is InChI=1S/C23H15BrN2O3S/c24-17-6-4-5-16(14-17)22(28)29-19-11-9-15(10-12-19)13-20-21(27)26-23(30-20)25-18-7-2-1-3-8-18/h1-14H,(H,25,26,27)/b20-13+. The van der Waals surface area contributed by atoms with Gasteiger partial charge in [-0.3, -0.25) is 4.79 Å². The van der Waals surface area contributed by atoms with Crippen LogP contribution in [0.1, 0.15) is 15.9 Å². The van der Waals surface area contributed by atoms with Gasteiger partial charge in [-0.25, -0.2) is 9.79 Å². The number of rotatable bonds is 4. The Morgan fingerprint density at radius 1 is 1.00 bits per heavy atom. The Labute approximate surface area is 186 Å². The molecule has 0 bridgehead atoms. The zero-order valence-corrected chi connectivity index (χ0v) is 17.9. The number of nitrogens with zero attached hydrogens (tertiary/aromatic N) is 1. The molecule has 3 aromatic rings. The molecule has 1 aliphatic rings. The van der Waals surface area contributed by atoms with E-state index >= 15 is 0 Å². The smallest absolute Gasteiger partial charge is 0.343 e. The van der Waals surface area contributed by atoms with Gasteiger partial charge in [0.05, 0.1) is 16.2 Å². The fourth-order valence-electron chi connectivity index (χ4n) is 2.67. The van der Waals surface area contributed by atoms with Gasteiger partial charge in [0.2, 0.25) is 0 Å². The van der Waals surface area contributed by atoms with Crippen LogP contribution in [0.3, 0.4) is 0 Å². The fraction of sp³-hybridized carbons (Fsp3) is 0. The summed E-state index contributed by atoms with van der Waals surface area (Å²) >= 11 is 4.62. The van der Waals surface area contributed by atoms with Gasteiger partial charge in [0.15, 0.2) is 5.17 Å². The Kier molecular flexibility index (Phi) is 6.11. The molecular formula is C23H15BrN2O3S. The molecule has 1 amide bonds. The van der Waals surface area contributed by atoms with Crippen molar-refractivity contribution < 1.29 is 14.3 Å². The van der Waals surface area contributed by atoms with E-state index in [0.29, 0.717) is 21.4 Å². The minimum absolute atomic E-state index is 0.195. The summed E-state index contributed by atoms with van der Waals surface area (Å²) in [5.41, 5.74) is 2.05. The van der Waals surface area contributed by atoms with Crippen LogP contribution in [-0.4, -0.2) is 17.0 Å². The van der Waals surface area contributed by atoms with Crippen LogP contribution in [0.5, 0.6) is 5.75 Å². The third-order valence-corrected chi connectivity index (χ3v) is 5.49. The summed E-state index contributed by atoms with van der Waals surface area (Å²) < 4.78 is 6.21. The van der Waals surface area contributed by atoms with Crippen molar-refractivity contribution in [3.63, 3.8) is 0 Å². The van der Waals surface area contributed by atoms with Gasteiger partial charge in [-0.1, -0.05) is 52.3 Å². The molecule has 1 saturated heterocycles. The Morgan fingerprint density at radius 2 is 1.77 bits per heavy atom. The van der Waals surface area contributed by atoms with Gasteiger partial charge in [0.25, 0.3) is 5.91 Å². The molecule has 3 aromatic carbocycles. The van der Waals surface area contributed by atoms with Crippen LogP contribution in [0.25, 0.3) is 6.08 Å². The minimum Gasteiger partial charge on any atom is -0.423 e. The Hall–Kier alpha value is -3.16. The number of hydrogen-bond acceptors (Lipinski definition) is 5. The zero-order valence-electron chi connectivity index (χ0n) is 15.5. The van der Waals surface area contributed by atoms with E-state index in [1.807, 2.05) is 36.4 Å². The molecular weight excluding hydrogens is 464 g/mol.